The van der Waals surface area contributed by atoms with Gasteiger partial charge in [-0.25, -0.2) is 4.79 Å². The fraction of sp³-hybridized carbons (Fsp3) is 0.444. The van der Waals surface area contributed by atoms with Crippen LogP contribution in [0.4, 0.5) is 0 Å². The van der Waals surface area contributed by atoms with Gasteiger partial charge in [-0.15, -0.1) is 0 Å². The molecule has 1 fully saturated rings. The predicted octanol–water partition coefficient (Wildman–Crippen LogP) is 2.46. The SMILES string of the molecule is Cc1cc(C)c2[nH]c(C(=O)NC3(C(=O)O)CCOCC3)c(C)c2c1. The number of H-pyrrole nitrogens is 1. The standard InChI is InChI=1S/C18H22N2O4/c1-10-8-11(2)14-13(9-10)12(3)15(19-14)16(21)20-18(17(22)23)4-6-24-7-5-18/h8-9,19H,4-7H2,1-3H3,(H,20,21)(H,22,23). The number of carboxylic acid groups (broad SMARTS) is 1. The van der Waals surface area contributed by atoms with Gasteiger partial charge in [0, 0.05) is 37.0 Å². The number of ether oxygens (including phenoxy) is 1. The Morgan fingerprint density at radius 1 is 1.21 bits per heavy atom. The van der Waals surface area contributed by atoms with Crippen LogP contribution in [0.1, 0.15) is 40.0 Å². The number of rotatable bonds is 3. The Labute approximate surface area is 140 Å². The van der Waals surface area contributed by atoms with E-state index in [0.717, 1.165) is 27.6 Å². The third-order valence-electron chi connectivity index (χ3n) is 4.84. The number of aromatic nitrogens is 1. The first-order chi connectivity index (χ1) is 11.3. The van der Waals surface area contributed by atoms with Crippen LogP contribution >= 0.6 is 0 Å². The maximum Gasteiger partial charge on any atom is 0.329 e. The quantitative estimate of drug-likeness (QED) is 0.806. The van der Waals surface area contributed by atoms with Crippen molar-refractivity contribution in [3.8, 4) is 0 Å². The van der Waals surface area contributed by atoms with Crippen LogP contribution in [0.15, 0.2) is 12.1 Å². The Hall–Kier alpha value is -2.34. The molecule has 0 aliphatic carbocycles. The Bertz CT molecular complexity index is 816. The highest BCUT2D eigenvalue weighted by Gasteiger charge is 2.42. The number of benzene rings is 1. The summed E-state index contributed by atoms with van der Waals surface area (Å²) in [6.45, 7) is 6.54. The number of aryl methyl sites for hydroxylation is 3. The molecule has 1 amide bonds. The molecule has 0 unspecified atom stereocenters. The molecule has 1 aromatic carbocycles. The van der Waals surface area contributed by atoms with E-state index in [4.69, 9.17) is 4.74 Å². The molecule has 128 valence electrons. The zero-order valence-electron chi connectivity index (χ0n) is 14.2. The minimum atomic E-state index is -1.26. The molecule has 2 heterocycles. The molecule has 3 N–H and O–H groups in total. The lowest BCUT2D eigenvalue weighted by molar-refractivity contribution is -0.148. The first-order valence-electron chi connectivity index (χ1n) is 8.07. The van der Waals surface area contributed by atoms with Crippen LogP contribution in [0.2, 0.25) is 0 Å². The zero-order valence-corrected chi connectivity index (χ0v) is 14.2. The second kappa shape index (κ2) is 5.94. The summed E-state index contributed by atoms with van der Waals surface area (Å²) in [6, 6.07) is 4.09. The van der Waals surface area contributed by atoms with E-state index < -0.39 is 11.5 Å². The largest absolute Gasteiger partial charge is 0.480 e. The van der Waals surface area contributed by atoms with Crippen LogP contribution in [0.3, 0.4) is 0 Å². The summed E-state index contributed by atoms with van der Waals surface area (Å²) < 4.78 is 5.24. The highest BCUT2D eigenvalue weighted by molar-refractivity contribution is 6.03. The highest BCUT2D eigenvalue weighted by atomic mass is 16.5. The maximum atomic E-state index is 12.8. The molecule has 2 aromatic rings. The molecular formula is C18H22N2O4. The first-order valence-corrected chi connectivity index (χ1v) is 8.07. The van der Waals surface area contributed by atoms with E-state index in [1.165, 1.54) is 0 Å². The van der Waals surface area contributed by atoms with Gasteiger partial charge in [0.2, 0.25) is 0 Å². The van der Waals surface area contributed by atoms with Crippen LogP contribution in [-0.2, 0) is 9.53 Å². The average molecular weight is 330 g/mol. The minimum Gasteiger partial charge on any atom is -0.480 e. The minimum absolute atomic E-state index is 0.269. The van der Waals surface area contributed by atoms with Crippen molar-refractivity contribution in [1.29, 1.82) is 0 Å². The number of carboxylic acids is 1. The van der Waals surface area contributed by atoms with Gasteiger partial charge in [0.15, 0.2) is 0 Å². The summed E-state index contributed by atoms with van der Waals surface area (Å²) in [6.07, 6.45) is 0.539. The van der Waals surface area contributed by atoms with Gasteiger partial charge >= 0.3 is 5.97 Å². The molecule has 1 aliphatic rings. The van der Waals surface area contributed by atoms with Gasteiger partial charge in [0.05, 0.1) is 0 Å². The molecule has 24 heavy (non-hydrogen) atoms. The van der Waals surface area contributed by atoms with Gasteiger partial charge in [0.25, 0.3) is 5.91 Å². The molecule has 1 saturated heterocycles. The monoisotopic (exact) mass is 330 g/mol. The molecule has 6 nitrogen and oxygen atoms in total. The van der Waals surface area contributed by atoms with Gasteiger partial charge in [-0.05, 0) is 38.0 Å². The number of carbonyl (C=O) groups is 2. The summed E-state index contributed by atoms with van der Waals surface area (Å²) in [5.41, 5.74) is 3.10. The Morgan fingerprint density at radius 2 is 1.88 bits per heavy atom. The lowest BCUT2D eigenvalue weighted by Crippen LogP contribution is -2.57. The second-order valence-electron chi connectivity index (χ2n) is 6.58. The highest BCUT2D eigenvalue weighted by Crippen LogP contribution is 2.27. The number of carbonyl (C=O) groups excluding carboxylic acids is 1. The van der Waals surface area contributed by atoms with E-state index in [1.807, 2.05) is 26.8 Å². The van der Waals surface area contributed by atoms with E-state index >= 15 is 0 Å². The van der Waals surface area contributed by atoms with E-state index in [2.05, 4.69) is 16.4 Å². The molecule has 3 rings (SSSR count). The van der Waals surface area contributed by atoms with Gasteiger partial charge in [-0.3, -0.25) is 4.79 Å². The van der Waals surface area contributed by atoms with Crippen molar-refractivity contribution < 1.29 is 19.4 Å². The molecule has 0 radical (unpaired) electrons. The lowest BCUT2D eigenvalue weighted by atomic mass is 9.90. The Balaban J connectivity index is 1.98. The lowest BCUT2D eigenvalue weighted by Gasteiger charge is -2.33. The van der Waals surface area contributed by atoms with Gasteiger partial charge in [0.1, 0.15) is 11.2 Å². The van der Waals surface area contributed by atoms with Crippen molar-refractivity contribution >= 4 is 22.8 Å². The van der Waals surface area contributed by atoms with Crippen LogP contribution in [0.25, 0.3) is 10.9 Å². The fourth-order valence-electron chi connectivity index (χ4n) is 3.40. The van der Waals surface area contributed by atoms with Crippen LogP contribution in [0, 0.1) is 20.8 Å². The molecule has 0 spiro atoms. The number of amides is 1. The van der Waals surface area contributed by atoms with Crippen molar-refractivity contribution in [2.45, 2.75) is 39.2 Å². The molecule has 0 atom stereocenters. The van der Waals surface area contributed by atoms with Crippen LogP contribution < -0.4 is 5.32 Å². The molecule has 0 bridgehead atoms. The summed E-state index contributed by atoms with van der Waals surface area (Å²) in [5.74, 6) is -1.40. The molecule has 1 aromatic heterocycles. The number of hydrogen-bond acceptors (Lipinski definition) is 3. The van der Waals surface area contributed by atoms with Crippen LogP contribution in [-0.4, -0.2) is 40.7 Å². The third-order valence-corrected chi connectivity index (χ3v) is 4.84. The number of hydrogen-bond donors (Lipinski definition) is 3. The average Bonchev–Trinajstić information content (AvgIpc) is 2.86. The van der Waals surface area contributed by atoms with Crippen molar-refractivity contribution in [1.82, 2.24) is 10.3 Å². The fourth-order valence-corrected chi connectivity index (χ4v) is 3.40. The number of fused-ring (bicyclic) bond motifs is 1. The van der Waals surface area contributed by atoms with Crippen LogP contribution in [0.5, 0.6) is 0 Å². The predicted molar refractivity (Wildman–Crippen MR) is 90.4 cm³/mol. The van der Waals surface area contributed by atoms with Crippen molar-refractivity contribution in [3.05, 3.63) is 34.5 Å². The zero-order chi connectivity index (χ0) is 17.5. The van der Waals surface area contributed by atoms with Gasteiger partial charge < -0.3 is 20.1 Å². The van der Waals surface area contributed by atoms with Crippen molar-refractivity contribution in [2.24, 2.45) is 0 Å². The topological polar surface area (TPSA) is 91.4 Å². The maximum absolute atomic E-state index is 12.8. The summed E-state index contributed by atoms with van der Waals surface area (Å²) in [4.78, 5) is 27.6. The van der Waals surface area contributed by atoms with Crippen molar-refractivity contribution in [2.75, 3.05) is 13.2 Å². The van der Waals surface area contributed by atoms with E-state index in [1.54, 1.807) is 0 Å². The number of nitrogens with one attached hydrogen (secondary N) is 2. The third kappa shape index (κ3) is 2.67. The Morgan fingerprint density at radius 3 is 2.50 bits per heavy atom. The smallest absolute Gasteiger partial charge is 0.329 e. The molecule has 6 heteroatoms. The number of aromatic amines is 1. The van der Waals surface area contributed by atoms with E-state index in [9.17, 15) is 14.7 Å². The van der Waals surface area contributed by atoms with Gasteiger partial charge in [-0.2, -0.15) is 0 Å². The summed E-state index contributed by atoms with van der Waals surface area (Å²) in [7, 11) is 0. The molecule has 1 aliphatic heterocycles. The summed E-state index contributed by atoms with van der Waals surface area (Å²) in [5, 5.41) is 13.3. The van der Waals surface area contributed by atoms with E-state index in [0.29, 0.717) is 18.9 Å². The van der Waals surface area contributed by atoms with Crippen molar-refractivity contribution in [3.63, 3.8) is 0 Å². The molecule has 0 saturated carbocycles. The van der Waals surface area contributed by atoms with Gasteiger partial charge in [-0.1, -0.05) is 11.6 Å². The number of aliphatic carboxylic acids is 1. The Kier molecular flexibility index (Phi) is 4.09. The second-order valence-corrected chi connectivity index (χ2v) is 6.58. The first kappa shape index (κ1) is 16.5. The normalized spacial score (nSPS) is 17.0. The van der Waals surface area contributed by atoms with E-state index in [-0.39, 0.29) is 18.7 Å². The molecular weight excluding hydrogens is 308 g/mol. The summed E-state index contributed by atoms with van der Waals surface area (Å²) >= 11 is 0.